The van der Waals surface area contributed by atoms with Crippen LogP contribution in [0.25, 0.3) is 11.5 Å². The molecule has 1 N–H and O–H groups in total. The molecule has 0 spiro atoms. The van der Waals surface area contributed by atoms with Gasteiger partial charge in [-0.1, -0.05) is 0 Å². The van der Waals surface area contributed by atoms with Crippen LogP contribution < -0.4 is 5.32 Å². The minimum Gasteiger partial charge on any atom is -0.444 e. The summed E-state index contributed by atoms with van der Waals surface area (Å²) < 4.78 is 44.6. The van der Waals surface area contributed by atoms with Crippen LogP contribution in [0.1, 0.15) is 18.5 Å². The van der Waals surface area contributed by atoms with Gasteiger partial charge in [0, 0.05) is 12.6 Å². The number of oxazole rings is 1. The van der Waals surface area contributed by atoms with Crippen molar-refractivity contribution in [2.24, 2.45) is 0 Å². The molecule has 2 aromatic rings. The summed E-state index contributed by atoms with van der Waals surface area (Å²) in [4.78, 5) is 4.05. The van der Waals surface area contributed by atoms with E-state index in [1.807, 2.05) is 0 Å². The van der Waals surface area contributed by atoms with Crippen molar-refractivity contribution in [3.63, 3.8) is 0 Å². The zero-order chi connectivity index (χ0) is 13.4. The standard InChI is InChI=1S/C13H11F3N2O/c14-10-4-3-9(11(15)12(10)16)13-18-8(6-19-13)5-17-7-1-2-7/h3-4,6-7,17H,1-2,5H2. The Balaban J connectivity index is 1.83. The molecule has 1 fully saturated rings. The van der Waals surface area contributed by atoms with Crippen molar-refractivity contribution < 1.29 is 17.6 Å². The minimum absolute atomic E-state index is 0.0519. The summed E-state index contributed by atoms with van der Waals surface area (Å²) >= 11 is 0. The topological polar surface area (TPSA) is 38.1 Å². The zero-order valence-corrected chi connectivity index (χ0v) is 9.92. The third-order valence-corrected chi connectivity index (χ3v) is 2.97. The molecule has 0 atom stereocenters. The van der Waals surface area contributed by atoms with Crippen molar-refractivity contribution in [3.05, 3.63) is 41.5 Å². The summed E-state index contributed by atoms with van der Waals surface area (Å²) in [6, 6.07) is 2.47. The van der Waals surface area contributed by atoms with Gasteiger partial charge in [-0.15, -0.1) is 0 Å². The maximum Gasteiger partial charge on any atom is 0.229 e. The molecule has 100 valence electrons. The van der Waals surface area contributed by atoms with Gasteiger partial charge in [0.15, 0.2) is 17.5 Å². The minimum atomic E-state index is -1.52. The highest BCUT2D eigenvalue weighted by atomic mass is 19.2. The molecule has 19 heavy (non-hydrogen) atoms. The number of hydrogen-bond acceptors (Lipinski definition) is 3. The molecular formula is C13H11F3N2O. The first-order valence-corrected chi connectivity index (χ1v) is 5.97. The summed E-state index contributed by atoms with van der Waals surface area (Å²) in [5, 5.41) is 3.22. The van der Waals surface area contributed by atoms with Crippen LogP contribution in [0.3, 0.4) is 0 Å². The Morgan fingerprint density at radius 2 is 2.00 bits per heavy atom. The van der Waals surface area contributed by atoms with E-state index in [1.165, 1.54) is 6.26 Å². The molecular weight excluding hydrogens is 257 g/mol. The van der Waals surface area contributed by atoms with Gasteiger partial charge >= 0.3 is 0 Å². The van der Waals surface area contributed by atoms with Gasteiger partial charge < -0.3 is 9.73 Å². The highest BCUT2D eigenvalue weighted by Crippen LogP contribution is 2.25. The smallest absolute Gasteiger partial charge is 0.229 e. The number of benzene rings is 1. The maximum absolute atomic E-state index is 13.6. The average Bonchev–Trinajstić information content (AvgIpc) is 3.12. The molecule has 1 saturated carbocycles. The molecule has 1 aliphatic rings. The lowest BCUT2D eigenvalue weighted by Crippen LogP contribution is -2.15. The van der Waals surface area contributed by atoms with E-state index >= 15 is 0 Å². The fourth-order valence-electron chi connectivity index (χ4n) is 1.74. The Morgan fingerprint density at radius 3 is 2.74 bits per heavy atom. The fourth-order valence-corrected chi connectivity index (χ4v) is 1.74. The molecule has 0 aliphatic heterocycles. The van der Waals surface area contributed by atoms with E-state index in [4.69, 9.17) is 4.42 Å². The predicted molar refractivity (Wildman–Crippen MR) is 61.7 cm³/mol. The van der Waals surface area contributed by atoms with E-state index in [2.05, 4.69) is 10.3 Å². The lowest BCUT2D eigenvalue weighted by atomic mass is 10.2. The van der Waals surface area contributed by atoms with Gasteiger partial charge in [-0.05, 0) is 25.0 Å². The van der Waals surface area contributed by atoms with Gasteiger partial charge in [-0.25, -0.2) is 18.2 Å². The van der Waals surface area contributed by atoms with E-state index in [0.717, 1.165) is 25.0 Å². The Labute approximate surface area is 107 Å². The SMILES string of the molecule is Fc1ccc(-c2nc(CNC3CC3)co2)c(F)c1F. The van der Waals surface area contributed by atoms with E-state index < -0.39 is 17.5 Å². The third kappa shape index (κ3) is 2.49. The van der Waals surface area contributed by atoms with Gasteiger partial charge in [-0.3, -0.25) is 0 Å². The molecule has 0 saturated heterocycles. The van der Waals surface area contributed by atoms with Crippen LogP contribution in [0.4, 0.5) is 13.2 Å². The predicted octanol–water partition coefficient (Wildman–Crippen LogP) is 3.01. The Morgan fingerprint density at radius 1 is 1.21 bits per heavy atom. The summed E-state index contributed by atoms with van der Waals surface area (Å²) in [6.07, 6.45) is 3.66. The van der Waals surface area contributed by atoms with Gasteiger partial charge in [0.05, 0.1) is 11.3 Å². The number of nitrogens with one attached hydrogen (secondary N) is 1. The molecule has 0 unspecified atom stereocenters. The van der Waals surface area contributed by atoms with Gasteiger partial charge in [0.25, 0.3) is 0 Å². The molecule has 0 amide bonds. The maximum atomic E-state index is 13.6. The van der Waals surface area contributed by atoms with E-state index in [0.29, 0.717) is 18.3 Å². The number of rotatable bonds is 4. The average molecular weight is 268 g/mol. The van der Waals surface area contributed by atoms with E-state index in [-0.39, 0.29) is 11.5 Å². The summed E-state index contributed by atoms with van der Waals surface area (Å²) in [7, 11) is 0. The Kier molecular flexibility index (Phi) is 3.02. The van der Waals surface area contributed by atoms with Crippen LogP contribution >= 0.6 is 0 Å². The zero-order valence-electron chi connectivity index (χ0n) is 9.92. The number of halogens is 3. The molecule has 1 heterocycles. The van der Waals surface area contributed by atoms with Crippen LogP contribution in [0.15, 0.2) is 22.8 Å². The van der Waals surface area contributed by atoms with Crippen molar-refractivity contribution >= 4 is 0 Å². The van der Waals surface area contributed by atoms with Crippen LogP contribution in [0, 0.1) is 17.5 Å². The van der Waals surface area contributed by atoms with Crippen LogP contribution in [-0.4, -0.2) is 11.0 Å². The van der Waals surface area contributed by atoms with E-state index in [1.54, 1.807) is 0 Å². The van der Waals surface area contributed by atoms with Crippen molar-refractivity contribution in [1.82, 2.24) is 10.3 Å². The van der Waals surface area contributed by atoms with Crippen molar-refractivity contribution in [2.45, 2.75) is 25.4 Å². The number of aromatic nitrogens is 1. The van der Waals surface area contributed by atoms with Crippen LogP contribution in [0.2, 0.25) is 0 Å². The number of nitrogens with zero attached hydrogens (tertiary/aromatic N) is 1. The Bertz CT molecular complexity index is 608. The highest BCUT2D eigenvalue weighted by molar-refractivity contribution is 5.54. The first-order valence-electron chi connectivity index (χ1n) is 5.97. The lowest BCUT2D eigenvalue weighted by Gasteiger charge is -2.00. The third-order valence-electron chi connectivity index (χ3n) is 2.97. The molecule has 1 aliphatic carbocycles. The van der Waals surface area contributed by atoms with E-state index in [9.17, 15) is 13.2 Å². The van der Waals surface area contributed by atoms with Crippen LogP contribution in [-0.2, 0) is 6.54 Å². The molecule has 3 nitrogen and oxygen atoms in total. The quantitative estimate of drug-likeness (QED) is 0.866. The monoisotopic (exact) mass is 268 g/mol. The first kappa shape index (κ1) is 12.2. The van der Waals surface area contributed by atoms with Gasteiger partial charge in [0.1, 0.15) is 6.26 Å². The molecule has 0 radical (unpaired) electrons. The molecule has 0 bridgehead atoms. The van der Waals surface area contributed by atoms with Crippen molar-refractivity contribution in [1.29, 1.82) is 0 Å². The largest absolute Gasteiger partial charge is 0.444 e. The highest BCUT2D eigenvalue weighted by Gasteiger charge is 2.21. The molecule has 1 aromatic heterocycles. The summed E-state index contributed by atoms with van der Waals surface area (Å²) in [6.45, 7) is 0.513. The molecule has 3 rings (SSSR count). The number of hydrogen-bond donors (Lipinski definition) is 1. The second kappa shape index (κ2) is 4.70. The second-order valence-electron chi connectivity index (χ2n) is 4.52. The van der Waals surface area contributed by atoms with Crippen LogP contribution in [0.5, 0.6) is 0 Å². The van der Waals surface area contributed by atoms with Crippen molar-refractivity contribution in [2.75, 3.05) is 0 Å². The summed E-state index contributed by atoms with van der Waals surface area (Å²) in [5.41, 5.74) is 0.419. The molecule has 6 heteroatoms. The van der Waals surface area contributed by atoms with Gasteiger partial charge in [0.2, 0.25) is 5.89 Å². The van der Waals surface area contributed by atoms with Crippen molar-refractivity contribution in [3.8, 4) is 11.5 Å². The Hall–Kier alpha value is -1.82. The fraction of sp³-hybridized carbons (Fsp3) is 0.308. The molecule has 1 aromatic carbocycles. The lowest BCUT2D eigenvalue weighted by molar-refractivity contribution is 0.446. The first-order chi connectivity index (χ1) is 9.15. The normalized spacial score (nSPS) is 14.9. The summed E-state index contributed by atoms with van der Waals surface area (Å²) in [5.74, 6) is -4.09. The van der Waals surface area contributed by atoms with Gasteiger partial charge in [-0.2, -0.15) is 0 Å². The second-order valence-corrected chi connectivity index (χ2v) is 4.52.